The Labute approximate surface area is 128 Å². The third kappa shape index (κ3) is 4.32. The van der Waals surface area contributed by atoms with E-state index >= 15 is 0 Å². The van der Waals surface area contributed by atoms with E-state index < -0.39 is 11.9 Å². The molecular formula is C15H15N3O2S. The topological polar surface area (TPSA) is 62.3 Å². The average molecular weight is 301 g/mol. The van der Waals surface area contributed by atoms with Crippen LogP contribution in [0.1, 0.15) is 16.1 Å². The lowest BCUT2D eigenvalue weighted by atomic mass is 10.2. The van der Waals surface area contributed by atoms with Crippen LogP contribution >= 0.6 is 12.8 Å². The molecule has 108 valence electrons. The highest BCUT2D eigenvalue weighted by atomic mass is 32.1. The van der Waals surface area contributed by atoms with Crippen LogP contribution < -0.4 is 5.32 Å². The largest absolute Gasteiger partial charge is 0.336 e. The van der Waals surface area contributed by atoms with Crippen molar-refractivity contribution in [1.29, 1.82) is 0 Å². The molecule has 0 radical (unpaired) electrons. The van der Waals surface area contributed by atoms with Crippen LogP contribution in [0.3, 0.4) is 0 Å². The highest BCUT2D eigenvalue weighted by Crippen LogP contribution is 2.07. The number of carbonyl (C=O) groups is 2. The highest BCUT2D eigenvalue weighted by molar-refractivity contribution is 7.79. The maximum absolute atomic E-state index is 12.0. The van der Waals surface area contributed by atoms with Crippen molar-refractivity contribution in [2.45, 2.75) is 6.42 Å². The van der Waals surface area contributed by atoms with Crippen LogP contribution in [0.25, 0.3) is 0 Å². The van der Waals surface area contributed by atoms with Gasteiger partial charge in [-0.15, -0.1) is 0 Å². The Bertz CT molecular complexity index is 605. The first kappa shape index (κ1) is 15.1. The standard InChI is InChI=1S/C15H15N3O2S/c19-14(12-6-2-1-3-7-12)18(21)15(20)17-11-9-13-8-4-5-10-16-13/h1-8,10,21H,9,11H2,(H,17,20). The van der Waals surface area contributed by atoms with Gasteiger partial charge >= 0.3 is 6.03 Å². The molecule has 1 N–H and O–H groups in total. The predicted molar refractivity (Wildman–Crippen MR) is 82.9 cm³/mol. The Morgan fingerprint density at radius 3 is 2.48 bits per heavy atom. The fourth-order valence-corrected chi connectivity index (χ4v) is 1.90. The van der Waals surface area contributed by atoms with Crippen molar-refractivity contribution in [2.24, 2.45) is 0 Å². The van der Waals surface area contributed by atoms with Crippen LogP contribution in [-0.4, -0.2) is 27.8 Å². The van der Waals surface area contributed by atoms with Crippen molar-refractivity contribution in [2.75, 3.05) is 6.54 Å². The van der Waals surface area contributed by atoms with E-state index in [9.17, 15) is 9.59 Å². The van der Waals surface area contributed by atoms with Gasteiger partial charge in [0.2, 0.25) is 0 Å². The van der Waals surface area contributed by atoms with E-state index in [1.807, 2.05) is 18.2 Å². The van der Waals surface area contributed by atoms with Crippen molar-refractivity contribution in [3.63, 3.8) is 0 Å². The van der Waals surface area contributed by atoms with E-state index in [4.69, 9.17) is 0 Å². The molecule has 1 aromatic heterocycles. The lowest BCUT2D eigenvalue weighted by Crippen LogP contribution is -2.38. The quantitative estimate of drug-likeness (QED) is 0.852. The SMILES string of the molecule is O=C(NCCc1ccccn1)N(S)C(=O)c1ccccc1. The number of carbonyl (C=O) groups excluding carboxylic acids is 2. The third-order valence-electron chi connectivity index (χ3n) is 2.79. The lowest BCUT2D eigenvalue weighted by molar-refractivity contribution is 0.0896. The van der Waals surface area contributed by atoms with E-state index in [0.717, 1.165) is 10.00 Å². The number of nitrogens with zero attached hydrogens (tertiary/aromatic N) is 2. The summed E-state index contributed by atoms with van der Waals surface area (Å²) in [5.41, 5.74) is 1.28. The van der Waals surface area contributed by atoms with Crippen LogP contribution in [0.5, 0.6) is 0 Å². The summed E-state index contributed by atoms with van der Waals surface area (Å²) in [6.07, 6.45) is 2.29. The van der Waals surface area contributed by atoms with E-state index in [1.165, 1.54) is 0 Å². The number of hydrogen-bond acceptors (Lipinski definition) is 4. The fourth-order valence-electron chi connectivity index (χ4n) is 1.71. The summed E-state index contributed by atoms with van der Waals surface area (Å²) in [4.78, 5) is 28.0. The molecule has 2 aromatic rings. The van der Waals surface area contributed by atoms with E-state index in [2.05, 4.69) is 23.1 Å². The molecule has 3 amide bonds. The Morgan fingerprint density at radius 2 is 1.81 bits per heavy atom. The zero-order chi connectivity index (χ0) is 15.1. The number of hydrogen-bond donors (Lipinski definition) is 2. The van der Waals surface area contributed by atoms with Gasteiger partial charge in [0, 0.05) is 30.4 Å². The van der Waals surface area contributed by atoms with Crippen molar-refractivity contribution in [1.82, 2.24) is 14.6 Å². The van der Waals surface area contributed by atoms with Gasteiger partial charge in [0.15, 0.2) is 0 Å². The molecule has 1 heterocycles. The summed E-state index contributed by atoms with van der Waals surface area (Å²) < 4.78 is 0.772. The number of thiol groups is 1. The first-order valence-electron chi connectivity index (χ1n) is 6.44. The molecule has 2 rings (SSSR count). The van der Waals surface area contributed by atoms with Gasteiger partial charge in [-0.05, 0) is 24.3 Å². The maximum atomic E-state index is 12.0. The highest BCUT2D eigenvalue weighted by Gasteiger charge is 2.18. The monoisotopic (exact) mass is 301 g/mol. The fraction of sp³-hybridized carbons (Fsp3) is 0.133. The molecule has 0 spiro atoms. The molecule has 0 saturated carbocycles. The zero-order valence-corrected chi connectivity index (χ0v) is 12.2. The normalized spacial score (nSPS) is 9.95. The van der Waals surface area contributed by atoms with E-state index in [0.29, 0.717) is 18.5 Å². The smallest absolute Gasteiger partial charge is 0.334 e. The number of aromatic nitrogens is 1. The minimum Gasteiger partial charge on any atom is -0.336 e. The van der Waals surface area contributed by atoms with Gasteiger partial charge in [-0.2, -0.15) is 0 Å². The van der Waals surface area contributed by atoms with Crippen LogP contribution in [0.2, 0.25) is 0 Å². The summed E-state index contributed by atoms with van der Waals surface area (Å²) in [5.74, 6) is -0.464. The van der Waals surface area contributed by atoms with Crippen LogP contribution in [0.15, 0.2) is 54.7 Å². The van der Waals surface area contributed by atoms with Gasteiger partial charge < -0.3 is 5.32 Å². The molecule has 0 aliphatic carbocycles. The van der Waals surface area contributed by atoms with Crippen molar-refractivity contribution >= 4 is 24.8 Å². The summed E-state index contributed by atoms with van der Waals surface area (Å²) in [7, 11) is 0. The second-order valence-electron chi connectivity index (χ2n) is 4.29. The first-order valence-corrected chi connectivity index (χ1v) is 6.84. The Balaban J connectivity index is 1.84. The number of amides is 3. The van der Waals surface area contributed by atoms with Crippen molar-refractivity contribution < 1.29 is 9.59 Å². The van der Waals surface area contributed by atoms with Crippen LogP contribution in [0.4, 0.5) is 4.79 Å². The molecule has 5 nitrogen and oxygen atoms in total. The second kappa shape index (κ2) is 7.44. The zero-order valence-electron chi connectivity index (χ0n) is 11.3. The third-order valence-corrected chi connectivity index (χ3v) is 3.15. The first-order chi connectivity index (χ1) is 10.2. The Kier molecular flexibility index (Phi) is 5.34. The Hall–Kier alpha value is -2.34. The molecule has 0 bridgehead atoms. The molecule has 0 unspecified atom stereocenters. The molecule has 0 aliphatic heterocycles. The minimum atomic E-state index is -0.553. The van der Waals surface area contributed by atoms with Gasteiger partial charge in [0.05, 0.1) is 0 Å². The summed E-state index contributed by atoms with van der Waals surface area (Å²) in [6, 6.07) is 13.6. The predicted octanol–water partition coefficient (Wildman–Crippen LogP) is 2.32. The van der Waals surface area contributed by atoms with Crippen LogP contribution in [0, 0.1) is 0 Å². The van der Waals surface area contributed by atoms with E-state index in [-0.39, 0.29) is 0 Å². The molecule has 6 heteroatoms. The second-order valence-corrected chi connectivity index (χ2v) is 4.69. The minimum absolute atomic E-state index is 0.384. The van der Waals surface area contributed by atoms with Gasteiger partial charge in [0.25, 0.3) is 5.91 Å². The molecular weight excluding hydrogens is 286 g/mol. The van der Waals surface area contributed by atoms with Gasteiger partial charge in [0.1, 0.15) is 0 Å². The number of benzene rings is 1. The van der Waals surface area contributed by atoms with Gasteiger partial charge in [-0.25, -0.2) is 9.10 Å². The number of rotatable bonds is 4. The maximum Gasteiger partial charge on any atom is 0.334 e. The van der Waals surface area contributed by atoms with E-state index in [1.54, 1.807) is 36.5 Å². The Morgan fingerprint density at radius 1 is 1.10 bits per heavy atom. The molecule has 0 fully saturated rings. The molecule has 0 saturated heterocycles. The molecule has 0 atom stereocenters. The summed E-state index contributed by atoms with van der Waals surface area (Å²) in [5, 5.41) is 2.63. The number of pyridine rings is 1. The average Bonchev–Trinajstić information content (AvgIpc) is 2.55. The summed E-state index contributed by atoms with van der Waals surface area (Å²) in [6.45, 7) is 0.384. The number of urea groups is 1. The van der Waals surface area contributed by atoms with Crippen molar-refractivity contribution in [3.05, 3.63) is 66.0 Å². The number of imide groups is 1. The lowest BCUT2D eigenvalue weighted by Gasteiger charge is -2.14. The molecule has 21 heavy (non-hydrogen) atoms. The van der Waals surface area contributed by atoms with Gasteiger partial charge in [-0.1, -0.05) is 37.1 Å². The van der Waals surface area contributed by atoms with Crippen molar-refractivity contribution in [3.8, 4) is 0 Å². The number of nitrogens with one attached hydrogen (secondary N) is 1. The molecule has 1 aromatic carbocycles. The van der Waals surface area contributed by atoms with Gasteiger partial charge in [-0.3, -0.25) is 9.78 Å². The molecule has 0 aliphatic rings. The summed E-state index contributed by atoms with van der Waals surface area (Å²) >= 11 is 3.95. The van der Waals surface area contributed by atoms with Crippen LogP contribution in [-0.2, 0) is 6.42 Å².